The van der Waals surface area contributed by atoms with Crippen LogP contribution < -0.4 is 5.32 Å². The Labute approximate surface area is 74.7 Å². The van der Waals surface area contributed by atoms with Gasteiger partial charge in [0.1, 0.15) is 0 Å². The van der Waals surface area contributed by atoms with Crippen molar-refractivity contribution in [3.8, 4) is 0 Å². The molecule has 0 spiro atoms. The van der Waals surface area contributed by atoms with Crippen molar-refractivity contribution < 1.29 is 4.74 Å². The Balaban J connectivity index is 1.96. The van der Waals surface area contributed by atoms with E-state index >= 15 is 0 Å². The highest BCUT2D eigenvalue weighted by atomic mass is 16.5. The van der Waals surface area contributed by atoms with Gasteiger partial charge in [0, 0.05) is 12.1 Å². The summed E-state index contributed by atoms with van der Waals surface area (Å²) in [7, 11) is 0. The van der Waals surface area contributed by atoms with Crippen LogP contribution in [-0.4, -0.2) is 25.3 Å². The van der Waals surface area contributed by atoms with E-state index in [9.17, 15) is 0 Å². The van der Waals surface area contributed by atoms with E-state index in [0.717, 1.165) is 25.2 Å². The van der Waals surface area contributed by atoms with Crippen molar-refractivity contribution in [3.63, 3.8) is 0 Å². The average molecular weight is 169 g/mol. The smallest absolute Gasteiger partial charge is 0.0617 e. The Kier molecular flexibility index (Phi) is 2.66. The van der Waals surface area contributed by atoms with Gasteiger partial charge < -0.3 is 10.1 Å². The van der Waals surface area contributed by atoms with Crippen LogP contribution in [0.4, 0.5) is 0 Å². The largest absolute Gasteiger partial charge is 0.379 e. The first-order valence-corrected chi connectivity index (χ1v) is 5.20. The van der Waals surface area contributed by atoms with E-state index in [1.165, 1.54) is 25.7 Å². The lowest BCUT2D eigenvalue weighted by molar-refractivity contribution is 0.0975. The molecule has 1 aliphatic heterocycles. The molecule has 0 bridgehead atoms. The van der Waals surface area contributed by atoms with Gasteiger partial charge in [0.15, 0.2) is 0 Å². The first-order valence-electron chi connectivity index (χ1n) is 5.20. The molecule has 1 N–H and O–H groups in total. The van der Waals surface area contributed by atoms with Gasteiger partial charge in [-0.3, -0.25) is 0 Å². The van der Waals surface area contributed by atoms with Gasteiger partial charge in [-0.25, -0.2) is 0 Å². The third kappa shape index (κ3) is 1.80. The lowest BCUT2D eigenvalue weighted by atomic mass is 9.85. The molecule has 12 heavy (non-hydrogen) atoms. The summed E-state index contributed by atoms with van der Waals surface area (Å²) in [5.74, 6) is 0.795. The van der Waals surface area contributed by atoms with Gasteiger partial charge >= 0.3 is 0 Å². The molecule has 3 unspecified atom stereocenters. The van der Waals surface area contributed by atoms with Crippen molar-refractivity contribution in [2.75, 3.05) is 13.2 Å². The van der Waals surface area contributed by atoms with Crippen LogP contribution in [0.2, 0.25) is 0 Å². The molecule has 1 heterocycles. The Hall–Kier alpha value is -0.0800. The normalized spacial score (nSPS) is 43.2. The van der Waals surface area contributed by atoms with E-state index in [0.29, 0.717) is 6.04 Å². The van der Waals surface area contributed by atoms with E-state index in [1.807, 2.05) is 0 Å². The second kappa shape index (κ2) is 3.75. The number of nitrogens with one attached hydrogen (secondary N) is 1. The predicted octanol–water partition coefficient (Wildman–Crippen LogP) is 1.55. The monoisotopic (exact) mass is 169 g/mol. The second-order valence-corrected chi connectivity index (χ2v) is 4.26. The summed E-state index contributed by atoms with van der Waals surface area (Å²) >= 11 is 0. The number of fused-ring (bicyclic) bond motifs is 1. The third-order valence-corrected chi connectivity index (χ3v) is 3.11. The number of hydrogen-bond acceptors (Lipinski definition) is 2. The van der Waals surface area contributed by atoms with Crippen LogP contribution in [-0.2, 0) is 4.74 Å². The van der Waals surface area contributed by atoms with E-state index in [1.54, 1.807) is 0 Å². The van der Waals surface area contributed by atoms with Gasteiger partial charge in [-0.15, -0.1) is 0 Å². The fraction of sp³-hybridized carbons (Fsp3) is 1.00. The summed E-state index contributed by atoms with van der Waals surface area (Å²) in [5, 5.41) is 3.66. The topological polar surface area (TPSA) is 21.3 Å². The number of hydrogen-bond donors (Lipinski definition) is 1. The minimum atomic E-state index is 0.554. The molecule has 3 atom stereocenters. The van der Waals surface area contributed by atoms with Crippen molar-refractivity contribution in [2.24, 2.45) is 5.92 Å². The van der Waals surface area contributed by atoms with Crippen molar-refractivity contribution in [1.29, 1.82) is 0 Å². The molecule has 2 fully saturated rings. The molecule has 0 aromatic carbocycles. The first-order chi connectivity index (χ1) is 5.86. The van der Waals surface area contributed by atoms with E-state index in [-0.39, 0.29) is 0 Å². The van der Waals surface area contributed by atoms with Gasteiger partial charge in [-0.05, 0) is 25.7 Å². The summed E-state index contributed by atoms with van der Waals surface area (Å²) in [6.45, 7) is 4.10. The maximum absolute atomic E-state index is 5.61. The van der Waals surface area contributed by atoms with Crippen LogP contribution >= 0.6 is 0 Å². The molecule has 0 radical (unpaired) electrons. The van der Waals surface area contributed by atoms with Gasteiger partial charge in [0.25, 0.3) is 0 Å². The molecule has 2 aliphatic rings. The molecule has 0 aromatic heterocycles. The van der Waals surface area contributed by atoms with E-state index in [4.69, 9.17) is 4.74 Å². The number of ether oxygens (including phenoxy) is 1. The Bertz CT molecular complexity index is 149. The molecule has 2 heteroatoms. The van der Waals surface area contributed by atoms with Crippen LogP contribution in [0.25, 0.3) is 0 Å². The van der Waals surface area contributed by atoms with Gasteiger partial charge in [0.05, 0.1) is 13.2 Å². The van der Waals surface area contributed by atoms with E-state index < -0.39 is 0 Å². The quantitative estimate of drug-likeness (QED) is 0.594. The number of rotatable bonds is 0. The Morgan fingerprint density at radius 3 is 2.92 bits per heavy atom. The Morgan fingerprint density at radius 2 is 2.00 bits per heavy atom. The minimum absolute atomic E-state index is 0.554. The summed E-state index contributed by atoms with van der Waals surface area (Å²) < 4.78 is 5.61. The Morgan fingerprint density at radius 1 is 1.17 bits per heavy atom. The summed E-state index contributed by atoms with van der Waals surface area (Å²) in [6, 6.07) is 1.30. The van der Waals surface area contributed by atoms with Crippen LogP contribution in [0.15, 0.2) is 0 Å². The molecular weight excluding hydrogens is 150 g/mol. The standard InChI is InChI=1S/C10H19NO/c1-8-6-12-7-9-4-2-3-5-10(9)11-8/h8-11H,2-7H2,1H3. The third-order valence-electron chi connectivity index (χ3n) is 3.11. The molecular formula is C10H19NO. The highest BCUT2D eigenvalue weighted by Crippen LogP contribution is 2.26. The molecule has 0 amide bonds. The zero-order valence-corrected chi connectivity index (χ0v) is 7.88. The highest BCUT2D eigenvalue weighted by Gasteiger charge is 2.28. The van der Waals surface area contributed by atoms with Gasteiger partial charge in [0.2, 0.25) is 0 Å². The summed E-state index contributed by atoms with van der Waals surface area (Å²) in [6.07, 6.45) is 5.53. The highest BCUT2D eigenvalue weighted by molar-refractivity contribution is 4.84. The van der Waals surface area contributed by atoms with Crippen molar-refractivity contribution in [2.45, 2.75) is 44.7 Å². The molecule has 2 rings (SSSR count). The zero-order chi connectivity index (χ0) is 8.39. The summed E-state index contributed by atoms with van der Waals surface area (Å²) in [4.78, 5) is 0. The molecule has 1 aliphatic carbocycles. The SMILES string of the molecule is CC1COCC2CCCCC2N1. The van der Waals surface area contributed by atoms with Crippen LogP contribution in [0, 0.1) is 5.92 Å². The second-order valence-electron chi connectivity index (χ2n) is 4.26. The minimum Gasteiger partial charge on any atom is -0.379 e. The zero-order valence-electron chi connectivity index (χ0n) is 7.88. The first kappa shape index (κ1) is 8.52. The van der Waals surface area contributed by atoms with Crippen LogP contribution in [0.3, 0.4) is 0 Å². The lowest BCUT2D eigenvalue weighted by Crippen LogP contribution is -2.42. The van der Waals surface area contributed by atoms with Crippen molar-refractivity contribution >= 4 is 0 Å². The maximum atomic E-state index is 5.61. The fourth-order valence-electron chi connectivity index (χ4n) is 2.44. The van der Waals surface area contributed by atoms with E-state index in [2.05, 4.69) is 12.2 Å². The van der Waals surface area contributed by atoms with Crippen molar-refractivity contribution in [3.05, 3.63) is 0 Å². The van der Waals surface area contributed by atoms with Gasteiger partial charge in [-0.2, -0.15) is 0 Å². The molecule has 1 saturated carbocycles. The molecule has 1 saturated heterocycles. The molecule has 2 nitrogen and oxygen atoms in total. The van der Waals surface area contributed by atoms with Gasteiger partial charge in [-0.1, -0.05) is 12.8 Å². The lowest BCUT2D eigenvalue weighted by Gasteiger charge is -2.30. The molecule has 0 aromatic rings. The summed E-state index contributed by atoms with van der Waals surface area (Å²) in [5.41, 5.74) is 0. The average Bonchev–Trinajstić information content (AvgIpc) is 2.25. The van der Waals surface area contributed by atoms with Crippen molar-refractivity contribution in [1.82, 2.24) is 5.32 Å². The van der Waals surface area contributed by atoms with Crippen LogP contribution in [0.1, 0.15) is 32.6 Å². The fourth-order valence-corrected chi connectivity index (χ4v) is 2.44. The molecule has 70 valence electrons. The maximum Gasteiger partial charge on any atom is 0.0617 e. The predicted molar refractivity (Wildman–Crippen MR) is 49.2 cm³/mol. The van der Waals surface area contributed by atoms with Crippen LogP contribution in [0.5, 0.6) is 0 Å².